The van der Waals surface area contributed by atoms with E-state index in [1.807, 2.05) is 50.4 Å². The van der Waals surface area contributed by atoms with Gasteiger partial charge in [0.15, 0.2) is 0 Å². The molecule has 0 spiro atoms. The third kappa shape index (κ3) is 4.46. The summed E-state index contributed by atoms with van der Waals surface area (Å²) in [6.45, 7) is 10.0. The number of hydrogen-bond donors (Lipinski definition) is 1. The van der Waals surface area contributed by atoms with Gasteiger partial charge in [-0.2, -0.15) is 0 Å². The molecule has 30 heavy (non-hydrogen) atoms. The minimum atomic E-state index is -0.430. The molecule has 2 aromatic carbocycles. The number of hydrogen-bond acceptors (Lipinski definition) is 4. The third-order valence-electron chi connectivity index (χ3n) is 5.07. The largest absolute Gasteiger partial charge is 0.462 e. The monoisotopic (exact) mass is 421 g/mol. The second-order valence-electron chi connectivity index (χ2n) is 7.35. The Hall–Kier alpha value is -2.92. The van der Waals surface area contributed by atoms with Gasteiger partial charge in [0.1, 0.15) is 10.6 Å². The molecule has 4 nitrogen and oxygen atoms in total. The van der Waals surface area contributed by atoms with Crippen LogP contribution in [0.2, 0.25) is 0 Å². The molecule has 156 valence electrons. The Labute approximate surface area is 181 Å². The molecule has 3 aromatic rings. The molecule has 0 fully saturated rings. The number of carbonyl (C=O) groups excluding carboxylic acids is 2. The predicted octanol–water partition coefficient (Wildman–Crippen LogP) is 6.33. The van der Waals surface area contributed by atoms with Crippen molar-refractivity contribution in [1.29, 1.82) is 0 Å². The topological polar surface area (TPSA) is 55.4 Å². The first-order valence-electron chi connectivity index (χ1n) is 10.1. The van der Waals surface area contributed by atoms with Crippen molar-refractivity contribution in [2.24, 2.45) is 0 Å². The highest BCUT2D eigenvalue weighted by atomic mass is 32.1. The number of aryl methyl sites for hydroxylation is 4. The zero-order valence-electron chi connectivity index (χ0n) is 18.1. The van der Waals surface area contributed by atoms with E-state index in [9.17, 15) is 9.59 Å². The van der Waals surface area contributed by atoms with Crippen LogP contribution in [0.5, 0.6) is 0 Å². The Bertz CT molecular complexity index is 1060. The molecule has 0 unspecified atom stereocenters. The Morgan fingerprint density at radius 2 is 1.60 bits per heavy atom. The van der Waals surface area contributed by atoms with Crippen molar-refractivity contribution in [3.63, 3.8) is 0 Å². The van der Waals surface area contributed by atoms with Gasteiger partial charge in [0, 0.05) is 16.5 Å². The van der Waals surface area contributed by atoms with Crippen LogP contribution < -0.4 is 5.32 Å². The van der Waals surface area contributed by atoms with Crippen LogP contribution in [-0.4, -0.2) is 18.5 Å². The Morgan fingerprint density at radius 3 is 2.17 bits per heavy atom. The summed E-state index contributed by atoms with van der Waals surface area (Å²) in [5.74, 6) is -0.647. The first kappa shape index (κ1) is 21.8. The number of carbonyl (C=O) groups is 2. The van der Waals surface area contributed by atoms with Gasteiger partial charge in [0.05, 0.1) is 6.61 Å². The van der Waals surface area contributed by atoms with Crippen molar-refractivity contribution < 1.29 is 14.3 Å². The van der Waals surface area contributed by atoms with Crippen molar-refractivity contribution in [3.05, 3.63) is 75.2 Å². The quantitative estimate of drug-likeness (QED) is 0.473. The average Bonchev–Trinajstić information content (AvgIpc) is 3.11. The summed E-state index contributed by atoms with van der Waals surface area (Å²) in [4.78, 5) is 25.8. The zero-order valence-corrected chi connectivity index (χ0v) is 18.9. The number of benzene rings is 2. The fraction of sp³-hybridized carbons (Fsp3) is 0.280. The number of ether oxygens (including phenoxy) is 1. The molecule has 0 atom stereocenters. The SMILES string of the molecule is CCOC(=O)c1c(-c2ccc(CC)cc2)csc1NC(=O)c1c(C)cc(C)cc1C. The fourth-order valence-electron chi connectivity index (χ4n) is 3.69. The van der Waals surface area contributed by atoms with E-state index >= 15 is 0 Å². The first-order valence-corrected chi connectivity index (χ1v) is 11.0. The van der Waals surface area contributed by atoms with E-state index in [0.717, 1.165) is 34.2 Å². The van der Waals surface area contributed by atoms with Crippen LogP contribution in [0.15, 0.2) is 41.8 Å². The number of anilines is 1. The third-order valence-corrected chi connectivity index (χ3v) is 5.97. The van der Waals surface area contributed by atoms with Gasteiger partial charge < -0.3 is 10.1 Å². The molecule has 0 aliphatic rings. The van der Waals surface area contributed by atoms with E-state index in [-0.39, 0.29) is 12.5 Å². The highest BCUT2D eigenvalue weighted by Crippen LogP contribution is 2.37. The van der Waals surface area contributed by atoms with Crippen LogP contribution in [0.25, 0.3) is 11.1 Å². The maximum Gasteiger partial charge on any atom is 0.341 e. The molecule has 0 aliphatic carbocycles. The van der Waals surface area contributed by atoms with Crippen LogP contribution in [0.4, 0.5) is 5.00 Å². The molecule has 0 radical (unpaired) electrons. The maximum atomic E-state index is 13.1. The average molecular weight is 422 g/mol. The molecule has 0 saturated heterocycles. The summed E-state index contributed by atoms with van der Waals surface area (Å²) in [6.07, 6.45) is 0.950. The Morgan fingerprint density at radius 1 is 0.967 bits per heavy atom. The van der Waals surface area contributed by atoms with Gasteiger partial charge in [-0.05, 0) is 56.4 Å². The van der Waals surface area contributed by atoms with Gasteiger partial charge in [-0.15, -0.1) is 11.3 Å². The summed E-state index contributed by atoms with van der Waals surface area (Å²) >= 11 is 1.34. The smallest absolute Gasteiger partial charge is 0.341 e. The van der Waals surface area contributed by atoms with E-state index in [1.165, 1.54) is 16.9 Å². The summed E-state index contributed by atoms with van der Waals surface area (Å²) in [5, 5.41) is 5.37. The van der Waals surface area contributed by atoms with Crippen molar-refractivity contribution >= 4 is 28.2 Å². The number of thiophene rings is 1. The maximum absolute atomic E-state index is 13.1. The lowest BCUT2D eigenvalue weighted by Gasteiger charge is -2.12. The normalized spacial score (nSPS) is 10.7. The molecular weight excluding hydrogens is 394 g/mol. The minimum absolute atomic E-state index is 0.217. The van der Waals surface area contributed by atoms with Gasteiger partial charge in [-0.3, -0.25) is 4.79 Å². The highest BCUT2D eigenvalue weighted by molar-refractivity contribution is 7.15. The van der Waals surface area contributed by atoms with Crippen LogP contribution >= 0.6 is 11.3 Å². The lowest BCUT2D eigenvalue weighted by molar-refractivity contribution is 0.0529. The number of amides is 1. The van der Waals surface area contributed by atoms with E-state index < -0.39 is 5.97 Å². The molecule has 0 aliphatic heterocycles. The number of rotatable bonds is 6. The Kier molecular flexibility index (Phi) is 6.73. The predicted molar refractivity (Wildman–Crippen MR) is 124 cm³/mol. The van der Waals surface area contributed by atoms with Gasteiger partial charge in [-0.25, -0.2) is 4.79 Å². The highest BCUT2D eigenvalue weighted by Gasteiger charge is 2.24. The van der Waals surface area contributed by atoms with Gasteiger partial charge in [-0.1, -0.05) is 48.9 Å². The Balaban J connectivity index is 2.01. The molecule has 0 saturated carbocycles. The summed E-state index contributed by atoms with van der Waals surface area (Å²) < 4.78 is 5.30. The molecule has 3 rings (SSSR count). The molecule has 1 aromatic heterocycles. The molecule has 5 heteroatoms. The lowest BCUT2D eigenvalue weighted by atomic mass is 9.99. The minimum Gasteiger partial charge on any atom is -0.462 e. The van der Waals surface area contributed by atoms with Crippen molar-refractivity contribution in [2.45, 2.75) is 41.0 Å². The van der Waals surface area contributed by atoms with Crippen LogP contribution in [-0.2, 0) is 11.2 Å². The lowest BCUT2D eigenvalue weighted by Crippen LogP contribution is -2.17. The summed E-state index contributed by atoms with van der Waals surface area (Å²) in [5.41, 5.74) is 6.90. The first-order chi connectivity index (χ1) is 14.3. The summed E-state index contributed by atoms with van der Waals surface area (Å²) in [7, 11) is 0. The van der Waals surface area contributed by atoms with Crippen LogP contribution in [0.1, 0.15) is 56.8 Å². The molecular formula is C25H27NO3S. The van der Waals surface area contributed by atoms with Gasteiger partial charge in [0.25, 0.3) is 5.91 Å². The number of esters is 1. The second kappa shape index (κ2) is 9.26. The van der Waals surface area contributed by atoms with E-state index in [4.69, 9.17) is 4.74 Å². The van der Waals surface area contributed by atoms with E-state index in [1.54, 1.807) is 6.92 Å². The van der Waals surface area contributed by atoms with Gasteiger partial charge >= 0.3 is 5.97 Å². The summed E-state index contributed by atoms with van der Waals surface area (Å²) in [6, 6.07) is 12.1. The van der Waals surface area contributed by atoms with Crippen LogP contribution in [0.3, 0.4) is 0 Å². The van der Waals surface area contributed by atoms with E-state index in [2.05, 4.69) is 24.4 Å². The molecule has 1 amide bonds. The molecule has 1 heterocycles. The van der Waals surface area contributed by atoms with E-state index in [0.29, 0.717) is 16.1 Å². The fourth-order valence-corrected chi connectivity index (χ4v) is 4.64. The number of nitrogens with one attached hydrogen (secondary N) is 1. The van der Waals surface area contributed by atoms with Crippen molar-refractivity contribution in [2.75, 3.05) is 11.9 Å². The van der Waals surface area contributed by atoms with Crippen LogP contribution in [0, 0.1) is 20.8 Å². The molecule has 1 N–H and O–H groups in total. The molecule has 0 bridgehead atoms. The zero-order chi connectivity index (χ0) is 21.8. The van der Waals surface area contributed by atoms with Crippen molar-refractivity contribution in [1.82, 2.24) is 0 Å². The standard InChI is InChI=1S/C25H27NO3S/c1-6-18-8-10-19(11-9-18)20-14-30-24(22(20)25(28)29-7-2)26-23(27)21-16(4)12-15(3)13-17(21)5/h8-14H,6-7H2,1-5H3,(H,26,27). The van der Waals surface area contributed by atoms with Gasteiger partial charge in [0.2, 0.25) is 0 Å². The van der Waals surface area contributed by atoms with Crippen molar-refractivity contribution in [3.8, 4) is 11.1 Å². The second-order valence-corrected chi connectivity index (χ2v) is 8.23.